The number of nitriles is 1. The first kappa shape index (κ1) is 12.8. The van der Waals surface area contributed by atoms with Crippen LogP contribution >= 0.6 is 0 Å². The molecule has 0 unspecified atom stereocenters. The van der Waals surface area contributed by atoms with E-state index in [4.69, 9.17) is 9.47 Å². The highest BCUT2D eigenvalue weighted by Gasteiger charge is 2.35. The number of fused-ring (bicyclic) bond motifs is 1. The summed E-state index contributed by atoms with van der Waals surface area (Å²) in [5.74, 6) is 1.01. The van der Waals surface area contributed by atoms with Crippen LogP contribution in [0.4, 0.5) is 0 Å². The summed E-state index contributed by atoms with van der Waals surface area (Å²) in [6, 6.07) is 7.35. The van der Waals surface area contributed by atoms with Crippen LogP contribution < -0.4 is 14.8 Å². The molecule has 0 aromatic heterocycles. The van der Waals surface area contributed by atoms with Crippen molar-refractivity contribution in [2.24, 2.45) is 0 Å². The number of carbonyl (C=O) groups is 1. The molecular weight excluding hydrogens is 256 g/mol. The van der Waals surface area contributed by atoms with E-state index in [1.54, 1.807) is 18.2 Å². The van der Waals surface area contributed by atoms with Crippen molar-refractivity contribution in [1.82, 2.24) is 5.32 Å². The molecule has 1 heterocycles. The maximum atomic E-state index is 12.3. The van der Waals surface area contributed by atoms with E-state index in [-0.39, 0.29) is 5.91 Å². The average Bonchev–Trinajstić information content (AvgIpc) is 2.96. The van der Waals surface area contributed by atoms with Crippen molar-refractivity contribution in [2.45, 2.75) is 31.2 Å². The first-order chi connectivity index (χ1) is 9.72. The minimum atomic E-state index is -0.704. The molecule has 0 atom stereocenters. The number of rotatable bonds is 2. The molecule has 1 aromatic carbocycles. The van der Waals surface area contributed by atoms with Gasteiger partial charge in [-0.05, 0) is 43.9 Å². The number of ether oxygens (including phenoxy) is 2. The predicted octanol–water partition coefficient (Wildman–Crippen LogP) is 2.02. The molecule has 1 N–H and O–H groups in total. The van der Waals surface area contributed by atoms with Gasteiger partial charge in [-0.3, -0.25) is 4.79 Å². The lowest BCUT2D eigenvalue weighted by Gasteiger charge is -2.23. The zero-order chi connectivity index (χ0) is 14.0. The zero-order valence-corrected chi connectivity index (χ0v) is 11.1. The van der Waals surface area contributed by atoms with Gasteiger partial charge in [0.1, 0.15) is 18.8 Å². The normalized spacial score (nSPS) is 19.1. The van der Waals surface area contributed by atoms with Gasteiger partial charge in [0.25, 0.3) is 5.91 Å². The highest BCUT2D eigenvalue weighted by atomic mass is 16.6. The van der Waals surface area contributed by atoms with E-state index >= 15 is 0 Å². The van der Waals surface area contributed by atoms with Crippen LogP contribution in [-0.2, 0) is 0 Å². The molecule has 0 spiro atoms. The molecule has 2 aliphatic rings. The van der Waals surface area contributed by atoms with Gasteiger partial charge in [0.15, 0.2) is 11.5 Å². The Morgan fingerprint density at radius 2 is 1.90 bits per heavy atom. The molecule has 3 rings (SSSR count). The third kappa shape index (κ3) is 2.29. The molecule has 0 bridgehead atoms. The average molecular weight is 272 g/mol. The number of nitrogens with zero attached hydrogens (tertiary/aromatic N) is 1. The maximum Gasteiger partial charge on any atom is 0.252 e. The van der Waals surface area contributed by atoms with E-state index in [0.29, 0.717) is 30.3 Å². The standard InChI is InChI=1S/C15H16N2O3/c16-10-15(5-1-2-6-15)17-14(18)11-3-4-12-13(9-11)20-8-7-19-12/h3-4,9H,1-2,5-8H2,(H,17,18). The summed E-state index contributed by atoms with van der Waals surface area (Å²) in [6.45, 7) is 1.01. The smallest absolute Gasteiger partial charge is 0.252 e. The fourth-order valence-electron chi connectivity index (χ4n) is 2.72. The van der Waals surface area contributed by atoms with Crippen LogP contribution in [0.25, 0.3) is 0 Å². The highest BCUT2D eigenvalue weighted by molar-refractivity contribution is 5.95. The van der Waals surface area contributed by atoms with Gasteiger partial charge in [-0.25, -0.2) is 0 Å². The van der Waals surface area contributed by atoms with E-state index in [2.05, 4.69) is 11.4 Å². The predicted molar refractivity (Wildman–Crippen MR) is 71.7 cm³/mol. The van der Waals surface area contributed by atoms with Crippen molar-refractivity contribution in [3.63, 3.8) is 0 Å². The molecule has 1 aliphatic heterocycles. The third-order valence-electron chi connectivity index (χ3n) is 3.83. The molecule has 1 aliphatic carbocycles. The molecule has 0 saturated heterocycles. The molecule has 1 aromatic rings. The highest BCUT2D eigenvalue weighted by Crippen LogP contribution is 2.32. The van der Waals surface area contributed by atoms with Crippen LogP contribution in [0.15, 0.2) is 18.2 Å². The molecular formula is C15H16N2O3. The molecule has 1 fully saturated rings. The summed E-state index contributed by atoms with van der Waals surface area (Å²) >= 11 is 0. The fraction of sp³-hybridized carbons (Fsp3) is 0.467. The molecule has 104 valence electrons. The van der Waals surface area contributed by atoms with E-state index < -0.39 is 5.54 Å². The summed E-state index contributed by atoms with van der Waals surface area (Å²) in [5, 5.41) is 12.2. The minimum Gasteiger partial charge on any atom is -0.486 e. The van der Waals surface area contributed by atoms with E-state index in [1.165, 1.54) is 0 Å². The van der Waals surface area contributed by atoms with Gasteiger partial charge in [-0.15, -0.1) is 0 Å². The zero-order valence-electron chi connectivity index (χ0n) is 11.1. The molecule has 5 heteroatoms. The number of hydrogen-bond donors (Lipinski definition) is 1. The maximum absolute atomic E-state index is 12.3. The summed E-state index contributed by atoms with van der Waals surface area (Å²) in [5.41, 5.74) is -0.208. The Hall–Kier alpha value is -2.22. The van der Waals surface area contributed by atoms with Crippen LogP contribution in [0.2, 0.25) is 0 Å². The van der Waals surface area contributed by atoms with Crippen LogP contribution in [0.5, 0.6) is 11.5 Å². The summed E-state index contributed by atoms with van der Waals surface area (Å²) in [4.78, 5) is 12.3. The Kier molecular flexibility index (Phi) is 3.23. The van der Waals surface area contributed by atoms with Gasteiger partial charge in [0, 0.05) is 5.56 Å². The SMILES string of the molecule is N#CC1(NC(=O)c2ccc3c(c2)OCCO3)CCCC1. The van der Waals surface area contributed by atoms with Gasteiger partial charge < -0.3 is 14.8 Å². The first-order valence-corrected chi connectivity index (χ1v) is 6.86. The number of hydrogen-bond acceptors (Lipinski definition) is 4. The van der Waals surface area contributed by atoms with Crippen molar-refractivity contribution in [2.75, 3.05) is 13.2 Å². The first-order valence-electron chi connectivity index (χ1n) is 6.86. The number of benzene rings is 1. The summed E-state index contributed by atoms with van der Waals surface area (Å²) in [7, 11) is 0. The van der Waals surface area contributed by atoms with Crippen molar-refractivity contribution < 1.29 is 14.3 Å². The van der Waals surface area contributed by atoms with Gasteiger partial charge in [-0.1, -0.05) is 0 Å². The van der Waals surface area contributed by atoms with Crippen molar-refractivity contribution >= 4 is 5.91 Å². The molecule has 1 amide bonds. The molecule has 20 heavy (non-hydrogen) atoms. The van der Waals surface area contributed by atoms with Crippen molar-refractivity contribution in [3.05, 3.63) is 23.8 Å². The second kappa shape index (κ2) is 5.04. The monoisotopic (exact) mass is 272 g/mol. The lowest BCUT2D eigenvalue weighted by atomic mass is 9.99. The quantitative estimate of drug-likeness (QED) is 0.894. The fourth-order valence-corrected chi connectivity index (χ4v) is 2.72. The van der Waals surface area contributed by atoms with Crippen molar-refractivity contribution in [3.8, 4) is 17.6 Å². The van der Waals surface area contributed by atoms with Crippen molar-refractivity contribution in [1.29, 1.82) is 5.26 Å². The number of nitrogens with one attached hydrogen (secondary N) is 1. The van der Waals surface area contributed by atoms with Crippen LogP contribution in [-0.4, -0.2) is 24.7 Å². The minimum absolute atomic E-state index is 0.231. The third-order valence-corrected chi connectivity index (χ3v) is 3.83. The second-order valence-electron chi connectivity index (χ2n) is 5.21. The Morgan fingerprint density at radius 1 is 1.20 bits per heavy atom. The van der Waals surface area contributed by atoms with E-state index in [0.717, 1.165) is 25.7 Å². The Balaban J connectivity index is 1.79. The lowest BCUT2D eigenvalue weighted by molar-refractivity contribution is 0.0919. The Bertz CT molecular complexity index is 571. The van der Waals surface area contributed by atoms with Gasteiger partial charge in [0.2, 0.25) is 0 Å². The topological polar surface area (TPSA) is 71.4 Å². The van der Waals surface area contributed by atoms with Crippen LogP contribution in [0, 0.1) is 11.3 Å². The largest absolute Gasteiger partial charge is 0.486 e. The second-order valence-corrected chi connectivity index (χ2v) is 5.21. The number of amides is 1. The molecule has 5 nitrogen and oxygen atoms in total. The van der Waals surface area contributed by atoms with Crippen LogP contribution in [0.1, 0.15) is 36.0 Å². The Morgan fingerprint density at radius 3 is 2.60 bits per heavy atom. The van der Waals surface area contributed by atoms with Gasteiger partial charge >= 0.3 is 0 Å². The molecule has 1 saturated carbocycles. The molecule has 0 radical (unpaired) electrons. The summed E-state index contributed by atoms with van der Waals surface area (Å²) in [6.07, 6.45) is 3.41. The van der Waals surface area contributed by atoms with E-state index in [1.807, 2.05) is 0 Å². The van der Waals surface area contributed by atoms with Gasteiger partial charge in [-0.2, -0.15) is 5.26 Å². The van der Waals surface area contributed by atoms with E-state index in [9.17, 15) is 10.1 Å². The Labute approximate surface area is 117 Å². The van der Waals surface area contributed by atoms with Crippen LogP contribution in [0.3, 0.4) is 0 Å². The van der Waals surface area contributed by atoms with Gasteiger partial charge in [0.05, 0.1) is 6.07 Å². The number of carbonyl (C=O) groups excluding carboxylic acids is 1. The summed E-state index contributed by atoms with van der Waals surface area (Å²) < 4.78 is 10.9. The lowest BCUT2D eigenvalue weighted by Crippen LogP contribution is -2.45.